The number of carbonyl (C=O) groups excluding carboxylic acids is 3. The van der Waals surface area contributed by atoms with Crippen molar-refractivity contribution in [2.24, 2.45) is 0 Å². The summed E-state index contributed by atoms with van der Waals surface area (Å²) >= 11 is 0. The highest BCUT2D eigenvalue weighted by Gasteiger charge is 2.34. The van der Waals surface area contributed by atoms with Crippen LogP contribution >= 0.6 is 0 Å². The number of Topliss-reactive ketones (excluding diaryl/α,β-unsaturated/α-hetero) is 3. The SMILES string of the molecule is CCC(=O)C(=O)C(C(=O)c1cccc2ccccc12)c1cccc2ccccc12. The lowest BCUT2D eigenvalue weighted by Gasteiger charge is -2.18. The molecule has 3 heteroatoms. The first kappa shape index (κ1) is 18.8. The zero-order chi connectivity index (χ0) is 20.4. The third kappa shape index (κ3) is 3.36. The van der Waals surface area contributed by atoms with Crippen molar-refractivity contribution in [1.29, 1.82) is 0 Å². The highest BCUT2D eigenvalue weighted by Crippen LogP contribution is 2.32. The van der Waals surface area contributed by atoms with Gasteiger partial charge in [0, 0.05) is 12.0 Å². The molecule has 3 nitrogen and oxygen atoms in total. The minimum Gasteiger partial charge on any atom is -0.293 e. The zero-order valence-corrected chi connectivity index (χ0v) is 16.1. The van der Waals surface area contributed by atoms with Crippen molar-refractivity contribution < 1.29 is 14.4 Å². The molecule has 0 radical (unpaired) electrons. The normalized spacial score (nSPS) is 12.0. The van der Waals surface area contributed by atoms with Crippen molar-refractivity contribution in [3.63, 3.8) is 0 Å². The summed E-state index contributed by atoms with van der Waals surface area (Å²) in [5.41, 5.74) is 1.03. The summed E-state index contributed by atoms with van der Waals surface area (Å²) in [6.45, 7) is 1.64. The van der Waals surface area contributed by atoms with Crippen LogP contribution in [0.2, 0.25) is 0 Å². The van der Waals surface area contributed by atoms with E-state index in [2.05, 4.69) is 0 Å². The Balaban J connectivity index is 1.95. The highest BCUT2D eigenvalue weighted by molar-refractivity contribution is 6.45. The molecular formula is C26H20O3. The maximum absolute atomic E-state index is 13.7. The van der Waals surface area contributed by atoms with Gasteiger partial charge in [0.05, 0.1) is 0 Å². The summed E-state index contributed by atoms with van der Waals surface area (Å²) in [5, 5.41) is 3.44. The maximum Gasteiger partial charge on any atom is 0.213 e. The van der Waals surface area contributed by atoms with Gasteiger partial charge >= 0.3 is 0 Å². The fourth-order valence-corrected chi connectivity index (χ4v) is 3.83. The summed E-state index contributed by atoms with van der Waals surface area (Å²) in [5.74, 6) is -2.68. The first-order valence-electron chi connectivity index (χ1n) is 9.68. The van der Waals surface area contributed by atoms with Gasteiger partial charge in [-0.05, 0) is 27.1 Å². The molecule has 4 aromatic rings. The molecule has 0 saturated heterocycles. The fourth-order valence-electron chi connectivity index (χ4n) is 3.83. The van der Waals surface area contributed by atoms with Crippen molar-refractivity contribution >= 4 is 38.9 Å². The van der Waals surface area contributed by atoms with E-state index in [1.54, 1.807) is 19.1 Å². The molecule has 29 heavy (non-hydrogen) atoms. The van der Waals surface area contributed by atoms with E-state index in [4.69, 9.17) is 0 Å². The standard InChI is InChI=1S/C26H20O3/c1-2-23(27)26(29)24(21-15-7-11-17-9-3-5-13-19(17)21)25(28)22-16-8-12-18-10-4-6-14-20(18)22/h3-16,24H,2H2,1H3. The summed E-state index contributed by atoms with van der Waals surface area (Å²) in [6.07, 6.45) is 0.0723. The van der Waals surface area contributed by atoms with Crippen molar-refractivity contribution in [2.45, 2.75) is 19.3 Å². The number of benzene rings is 4. The van der Waals surface area contributed by atoms with Crippen molar-refractivity contribution in [1.82, 2.24) is 0 Å². The topological polar surface area (TPSA) is 51.2 Å². The second-order valence-corrected chi connectivity index (χ2v) is 7.03. The van der Waals surface area contributed by atoms with Gasteiger partial charge in [0.1, 0.15) is 5.92 Å². The first-order chi connectivity index (χ1) is 14.1. The highest BCUT2D eigenvalue weighted by atomic mass is 16.2. The molecule has 1 atom stereocenters. The Labute approximate surface area is 169 Å². The van der Waals surface area contributed by atoms with E-state index in [-0.39, 0.29) is 12.2 Å². The molecule has 4 aromatic carbocycles. The van der Waals surface area contributed by atoms with Gasteiger partial charge in [-0.1, -0.05) is 91.9 Å². The molecular weight excluding hydrogens is 360 g/mol. The molecule has 0 aliphatic rings. The molecule has 0 N–H and O–H groups in total. The molecule has 4 rings (SSSR count). The molecule has 0 fully saturated rings. The second-order valence-electron chi connectivity index (χ2n) is 7.03. The zero-order valence-electron chi connectivity index (χ0n) is 16.1. The van der Waals surface area contributed by atoms with Crippen LogP contribution in [0.5, 0.6) is 0 Å². The quantitative estimate of drug-likeness (QED) is 0.252. The molecule has 0 heterocycles. The van der Waals surface area contributed by atoms with Gasteiger partial charge < -0.3 is 0 Å². The molecule has 0 aromatic heterocycles. The molecule has 0 saturated carbocycles. The molecule has 0 aliphatic carbocycles. The lowest BCUT2D eigenvalue weighted by molar-refractivity contribution is -0.136. The third-order valence-electron chi connectivity index (χ3n) is 5.31. The Morgan fingerprint density at radius 1 is 0.690 bits per heavy atom. The van der Waals surface area contributed by atoms with Crippen LogP contribution in [-0.4, -0.2) is 17.3 Å². The van der Waals surface area contributed by atoms with Crippen molar-refractivity contribution in [3.05, 3.63) is 96.1 Å². The third-order valence-corrected chi connectivity index (χ3v) is 5.31. The number of hydrogen-bond donors (Lipinski definition) is 0. The van der Waals surface area contributed by atoms with Crippen LogP contribution in [0, 0.1) is 0 Å². The Bertz CT molecular complexity index is 1240. The Hall–Kier alpha value is -3.59. The maximum atomic E-state index is 13.7. The Morgan fingerprint density at radius 3 is 1.93 bits per heavy atom. The molecule has 0 aliphatic heterocycles. The second kappa shape index (κ2) is 7.80. The van der Waals surface area contributed by atoms with Crippen LogP contribution in [0.4, 0.5) is 0 Å². The lowest BCUT2D eigenvalue weighted by Crippen LogP contribution is -2.28. The molecule has 0 amide bonds. The first-order valence-corrected chi connectivity index (χ1v) is 9.68. The summed E-state index contributed by atoms with van der Waals surface area (Å²) in [6, 6.07) is 26.2. The fraction of sp³-hybridized carbons (Fsp3) is 0.115. The van der Waals surface area contributed by atoms with Crippen LogP contribution in [-0.2, 0) is 9.59 Å². The van der Waals surface area contributed by atoms with E-state index in [9.17, 15) is 14.4 Å². The van der Waals surface area contributed by atoms with Crippen molar-refractivity contribution in [2.75, 3.05) is 0 Å². The van der Waals surface area contributed by atoms with E-state index in [0.717, 1.165) is 21.5 Å². The molecule has 0 spiro atoms. The van der Waals surface area contributed by atoms with Gasteiger partial charge in [-0.2, -0.15) is 0 Å². The minimum absolute atomic E-state index is 0.0723. The predicted octanol–water partition coefficient (Wildman–Crippen LogP) is 5.51. The largest absolute Gasteiger partial charge is 0.293 e. The monoisotopic (exact) mass is 380 g/mol. The lowest BCUT2D eigenvalue weighted by atomic mass is 9.82. The van der Waals surface area contributed by atoms with Gasteiger partial charge in [-0.3, -0.25) is 14.4 Å². The number of ketones is 3. The van der Waals surface area contributed by atoms with E-state index in [1.807, 2.05) is 72.8 Å². The number of fused-ring (bicyclic) bond motifs is 2. The summed E-state index contributed by atoms with van der Waals surface area (Å²) in [4.78, 5) is 39.2. The van der Waals surface area contributed by atoms with Gasteiger partial charge in [0.25, 0.3) is 0 Å². The van der Waals surface area contributed by atoms with E-state index < -0.39 is 17.5 Å². The number of rotatable bonds is 6. The van der Waals surface area contributed by atoms with Crippen LogP contribution in [0.25, 0.3) is 21.5 Å². The van der Waals surface area contributed by atoms with Gasteiger partial charge in [-0.25, -0.2) is 0 Å². The van der Waals surface area contributed by atoms with Crippen LogP contribution in [0.15, 0.2) is 84.9 Å². The Kier molecular flexibility index (Phi) is 5.05. The molecule has 142 valence electrons. The summed E-state index contributed by atoms with van der Waals surface area (Å²) in [7, 11) is 0. The van der Waals surface area contributed by atoms with E-state index in [1.165, 1.54) is 0 Å². The smallest absolute Gasteiger partial charge is 0.213 e. The van der Waals surface area contributed by atoms with Crippen LogP contribution in [0.3, 0.4) is 0 Å². The van der Waals surface area contributed by atoms with Crippen LogP contribution < -0.4 is 0 Å². The van der Waals surface area contributed by atoms with Gasteiger partial charge in [0.15, 0.2) is 11.6 Å². The van der Waals surface area contributed by atoms with Crippen molar-refractivity contribution in [3.8, 4) is 0 Å². The number of hydrogen-bond acceptors (Lipinski definition) is 3. The number of carbonyl (C=O) groups is 3. The molecule has 1 unspecified atom stereocenters. The average molecular weight is 380 g/mol. The Morgan fingerprint density at radius 2 is 1.24 bits per heavy atom. The van der Waals surface area contributed by atoms with E-state index in [0.29, 0.717) is 11.1 Å². The van der Waals surface area contributed by atoms with Crippen LogP contribution in [0.1, 0.15) is 35.2 Å². The van der Waals surface area contributed by atoms with Gasteiger partial charge in [-0.15, -0.1) is 0 Å². The predicted molar refractivity (Wildman–Crippen MR) is 115 cm³/mol. The summed E-state index contributed by atoms with van der Waals surface area (Å²) < 4.78 is 0. The van der Waals surface area contributed by atoms with E-state index >= 15 is 0 Å². The van der Waals surface area contributed by atoms with Gasteiger partial charge in [0.2, 0.25) is 5.78 Å². The molecule has 0 bridgehead atoms. The minimum atomic E-state index is -1.15. The average Bonchev–Trinajstić information content (AvgIpc) is 2.78.